The number of hydrogen-bond acceptors (Lipinski definition) is 2. The number of nitrogens with one attached hydrogen (secondary N) is 1. The topological polar surface area (TPSA) is 21.3 Å². The van der Waals surface area contributed by atoms with E-state index in [9.17, 15) is 0 Å². The normalized spacial score (nSPS) is 24.8. The highest BCUT2D eigenvalue weighted by molar-refractivity contribution is 5.06. The van der Waals surface area contributed by atoms with Crippen molar-refractivity contribution >= 4 is 0 Å². The second-order valence-electron chi connectivity index (χ2n) is 5.47. The van der Waals surface area contributed by atoms with Crippen LogP contribution in [-0.2, 0) is 4.74 Å². The van der Waals surface area contributed by atoms with E-state index in [2.05, 4.69) is 32.2 Å². The van der Waals surface area contributed by atoms with Gasteiger partial charge in [-0.1, -0.05) is 25.5 Å². The van der Waals surface area contributed by atoms with Gasteiger partial charge >= 0.3 is 0 Å². The summed E-state index contributed by atoms with van der Waals surface area (Å²) in [6, 6.07) is 0. The largest absolute Gasteiger partial charge is 0.381 e. The molecule has 0 saturated carbocycles. The zero-order valence-electron chi connectivity index (χ0n) is 11.8. The third-order valence-electron chi connectivity index (χ3n) is 3.31. The highest BCUT2D eigenvalue weighted by Gasteiger charge is 2.17. The fourth-order valence-corrected chi connectivity index (χ4v) is 2.69. The smallest absolute Gasteiger partial charge is 0.0478 e. The first-order valence-corrected chi connectivity index (χ1v) is 7.18. The molecule has 0 fully saturated rings. The number of ether oxygens (including phenoxy) is 1. The van der Waals surface area contributed by atoms with E-state index in [0.29, 0.717) is 0 Å². The molecule has 0 aromatic heterocycles. The quantitative estimate of drug-likeness (QED) is 0.518. The Hall–Kier alpha value is -0.340. The summed E-state index contributed by atoms with van der Waals surface area (Å²) < 4.78 is 5.46. The maximum Gasteiger partial charge on any atom is 0.0478 e. The molecule has 0 spiro atoms. The van der Waals surface area contributed by atoms with Crippen LogP contribution in [0.15, 0.2) is 11.6 Å². The molecule has 1 aliphatic carbocycles. The van der Waals surface area contributed by atoms with E-state index < -0.39 is 0 Å². The van der Waals surface area contributed by atoms with E-state index in [4.69, 9.17) is 4.74 Å². The summed E-state index contributed by atoms with van der Waals surface area (Å²) in [4.78, 5) is 0. The maximum atomic E-state index is 5.46. The molecule has 2 nitrogen and oxygen atoms in total. The van der Waals surface area contributed by atoms with Crippen molar-refractivity contribution in [2.45, 2.75) is 46.5 Å². The molecular formula is C15H29NO. The molecule has 1 aliphatic rings. The minimum Gasteiger partial charge on any atom is -0.381 e. The zero-order valence-corrected chi connectivity index (χ0v) is 11.8. The Morgan fingerprint density at radius 1 is 1.41 bits per heavy atom. The molecule has 0 radical (unpaired) electrons. The molecule has 0 heterocycles. The SMILES string of the molecule is CCCOCCCNCC1CC(C)=CC(C)C1. The third kappa shape index (κ3) is 6.85. The van der Waals surface area contributed by atoms with Crippen LogP contribution in [0.5, 0.6) is 0 Å². The molecule has 0 aromatic carbocycles. The van der Waals surface area contributed by atoms with Crippen LogP contribution in [0, 0.1) is 11.8 Å². The van der Waals surface area contributed by atoms with E-state index in [1.165, 1.54) is 19.4 Å². The average Bonchev–Trinajstić information content (AvgIpc) is 2.26. The lowest BCUT2D eigenvalue weighted by molar-refractivity contribution is 0.132. The Morgan fingerprint density at radius 2 is 2.24 bits per heavy atom. The summed E-state index contributed by atoms with van der Waals surface area (Å²) in [5.74, 6) is 1.61. The highest BCUT2D eigenvalue weighted by Crippen LogP contribution is 2.27. The van der Waals surface area contributed by atoms with Gasteiger partial charge in [0.1, 0.15) is 0 Å². The van der Waals surface area contributed by atoms with Gasteiger partial charge < -0.3 is 10.1 Å². The van der Waals surface area contributed by atoms with Crippen molar-refractivity contribution in [1.29, 1.82) is 0 Å². The summed E-state index contributed by atoms with van der Waals surface area (Å²) >= 11 is 0. The van der Waals surface area contributed by atoms with Gasteiger partial charge in [-0.3, -0.25) is 0 Å². The minimum absolute atomic E-state index is 0.767. The number of rotatable bonds is 8. The van der Waals surface area contributed by atoms with Gasteiger partial charge in [0.15, 0.2) is 0 Å². The van der Waals surface area contributed by atoms with E-state index >= 15 is 0 Å². The lowest BCUT2D eigenvalue weighted by Crippen LogP contribution is -2.27. The molecule has 0 saturated heterocycles. The molecule has 1 rings (SSSR count). The highest BCUT2D eigenvalue weighted by atomic mass is 16.5. The fraction of sp³-hybridized carbons (Fsp3) is 0.867. The van der Waals surface area contributed by atoms with E-state index in [-0.39, 0.29) is 0 Å². The van der Waals surface area contributed by atoms with Crippen LogP contribution in [0.4, 0.5) is 0 Å². The van der Waals surface area contributed by atoms with E-state index in [1.54, 1.807) is 5.57 Å². The van der Waals surface area contributed by atoms with Crippen molar-refractivity contribution in [2.75, 3.05) is 26.3 Å². The van der Waals surface area contributed by atoms with Crippen LogP contribution >= 0.6 is 0 Å². The molecule has 1 N–H and O–H groups in total. The predicted molar refractivity (Wildman–Crippen MR) is 74.2 cm³/mol. The maximum absolute atomic E-state index is 5.46. The number of allylic oxidation sites excluding steroid dienone is 2. The molecule has 0 aliphatic heterocycles. The molecule has 2 heteroatoms. The second kappa shape index (κ2) is 8.71. The van der Waals surface area contributed by atoms with Crippen LogP contribution in [0.3, 0.4) is 0 Å². The molecule has 0 bridgehead atoms. The van der Waals surface area contributed by atoms with Crippen molar-refractivity contribution in [2.24, 2.45) is 11.8 Å². The summed E-state index contributed by atoms with van der Waals surface area (Å²) in [5.41, 5.74) is 1.57. The van der Waals surface area contributed by atoms with Gasteiger partial charge in [0.05, 0.1) is 0 Å². The van der Waals surface area contributed by atoms with Crippen LogP contribution in [0.25, 0.3) is 0 Å². The van der Waals surface area contributed by atoms with E-state index in [1.807, 2.05) is 0 Å². The zero-order chi connectivity index (χ0) is 12.5. The molecule has 100 valence electrons. The lowest BCUT2D eigenvalue weighted by Gasteiger charge is -2.25. The Labute approximate surface area is 107 Å². The second-order valence-corrected chi connectivity index (χ2v) is 5.47. The Bertz CT molecular complexity index is 225. The first-order chi connectivity index (χ1) is 8.22. The molecule has 0 amide bonds. The van der Waals surface area contributed by atoms with Crippen molar-refractivity contribution in [1.82, 2.24) is 5.32 Å². The van der Waals surface area contributed by atoms with E-state index in [0.717, 1.165) is 44.4 Å². The van der Waals surface area contributed by atoms with Gasteiger partial charge in [-0.15, -0.1) is 0 Å². The number of hydrogen-bond donors (Lipinski definition) is 1. The standard InChI is InChI=1S/C15H29NO/c1-4-7-17-8-5-6-16-12-15-10-13(2)9-14(3)11-15/h9,13,15-16H,4-8,10-12H2,1-3H3. The molecular weight excluding hydrogens is 210 g/mol. The van der Waals surface area contributed by atoms with Gasteiger partial charge in [0, 0.05) is 13.2 Å². The molecule has 2 unspecified atom stereocenters. The summed E-state index contributed by atoms with van der Waals surface area (Å²) in [7, 11) is 0. The van der Waals surface area contributed by atoms with Crippen molar-refractivity contribution in [3.63, 3.8) is 0 Å². The van der Waals surface area contributed by atoms with Crippen molar-refractivity contribution < 1.29 is 4.74 Å². The molecule has 0 aromatic rings. The van der Waals surface area contributed by atoms with Crippen molar-refractivity contribution in [3.8, 4) is 0 Å². The van der Waals surface area contributed by atoms with Crippen LogP contribution in [0.1, 0.15) is 46.5 Å². The first-order valence-electron chi connectivity index (χ1n) is 7.18. The van der Waals surface area contributed by atoms with Gasteiger partial charge in [0.25, 0.3) is 0 Å². The fourth-order valence-electron chi connectivity index (χ4n) is 2.69. The van der Waals surface area contributed by atoms with Crippen LogP contribution < -0.4 is 5.32 Å². The average molecular weight is 239 g/mol. The van der Waals surface area contributed by atoms with Crippen LogP contribution in [0.2, 0.25) is 0 Å². The minimum atomic E-state index is 0.767. The lowest BCUT2D eigenvalue weighted by atomic mass is 9.84. The van der Waals surface area contributed by atoms with Gasteiger partial charge in [-0.25, -0.2) is 0 Å². The monoisotopic (exact) mass is 239 g/mol. The predicted octanol–water partition coefficient (Wildman–Crippen LogP) is 3.39. The summed E-state index contributed by atoms with van der Waals surface area (Å²) in [6.45, 7) is 10.8. The Morgan fingerprint density at radius 3 is 2.94 bits per heavy atom. The molecule has 17 heavy (non-hydrogen) atoms. The Kier molecular flexibility index (Phi) is 7.54. The third-order valence-corrected chi connectivity index (χ3v) is 3.31. The van der Waals surface area contributed by atoms with Gasteiger partial charge in [-0.2, -0.15) is 0 Å². The molecule has 2 atom stereocenters. The summed E-state index contributed by atoms with van der Waals surface area (Å²) in [6.07, 6.45) is 7.31. The van der Waals surface area contributed by atoms with Crippen LogP contribution in [-0.4, -0.2) is 26.3 Å². The Balaban J connectivity index is 1.98. The van der Waals surface area contributed by atoms with Crippen molar-refractivity contribution in [3.05, 3.63) is 11.6 Å². The van der Waals surface area contributed by atoms with Gasteiger partial charge in [0.2, 0.25) is 0 Å². The first kappa shape index (κ1) is 14.7. The van der Waals surface area contributed by atoms with Gasteiger partial charge in [-0.05, 0) is 57.5 Å². The summed E-state index contributed by atoms with van der Waals surface area (Å²) in [5, 5.41) is 3.57.